The number of aromatic nitrogens is 1. The first-order valence-corrected chi connectivity index (χ1v) is 10.0. The van der Waals surface area contributed by atoms with Crippen LogP contribution in [0.15, 0.2) is 39.8 Å². The first-order chi connectivity index (χ1) is 13.1. The number of rotatable bonds is 5. The number of hydrogen-bond donors (Lipinski definition) is 1. The molecular formula is C22H33IN4O. The minimum absolute atomic E-state index is 0. The second-order valence-corrected chi connectivity index (χ2v) is 7.69. The van der Waals surface area contributed by atoms with Crippen LogP contribution >= 0.6 is 24.0 Å². The van der Waals surface area contributed by atoms with Crippen LogP contribution in [0.3, 0.4) is 0 Å². The number of guanidine groups is 1. The first-order valence-electron chi connectivity index (χ1n) is 10.0. The average Bonchev–Trinajstić information content (AvgIpc) is 3.02. The Morgan fingerprint density at radius 2 is 1.93 bits per heavy atom. The summed E-state index contributed by atoms with van der Waals surface area (Å²) in [5.74, 6) is 3.02. The minimum atomic E-state index is 0. The van der Waals surface area contributed by atoms with Crippen molar-refractivity contribution in [1.82, 2.24) is 15.4 Å². The monoisotopic (exact) mass is 496 g/mol. The molecule has 1 fully saturated rings. The summed E-state index contributed by atoms with van der Waals surface area (Å²) in [5.41, 5.74) is 3.64. The van der Waals surface area contributed by atoms with Gasteiger partial charge in [0.2, 0.25) is 0 Å². The highest BCUT2D eigenvalue weighted by Crippen LogP contribution is 2.23. The molecule has 1 aliphatic heterocycles. The predicted molar refractivity (Wildman–Crippen MR) is 126 cm³/mol. The number of halogens is 1. The van der Waals surface area contributed by atoms with Gasteiger partial charge in [-0.2, -0.15) is 0 Å². The number of likely N-dealkylation sites (tertiary alicyclic amines) is 1. The zero-order chi connectivity index (χ0) is 19.2. The van der Waals surface area contributed by atoms with E-state index in [4.69, 9.17) is 4.52 Å². The van der Waals surface area contributed by atoms with E-state index in [0.29, 0.717) is 5.92 Å². The summed E-state index contributed by atoms with van der Waals surface area (Å²) in [4.78, 5) is 6.90. The van der Waals surface area contributed by atoms with E-state index in [2.05, 4.69) is 57.6 Å². The molecule has 1 atom stereocenters. The van der Waals surface area contributed by atoms with Gasteiger partial charge in [-0.1, -0.05) is 42.4 Å². The van der Waals surface area contributed by atoms with Crippen LogP contribution in [0.25, 0.3) is 0 Å². The molecule has 0 saturated carbocycles. The minimum Gasteiger partial charge on any atom is -0.361 e. The van der Waals surface area contributed by atoms with Crippen molar-refractivity contribution >= 4 is 29.9 Å². The Labute approximate surface area is 186 Å². The van der Waals surface area contributed by atoms with Gasteiger partial charge in [-0.3, -0.25) is 4.99 Å². The third-order valence-corrected chi connectivity index (χ3v) is 5.64. The Morgan fingerprint density at radius 3 is 2.50 bits per heavy atom. The molecule has 1 aliphatic rings. The van der Waals surface area contributed by atoms with Gasteiger partial charge in [-0.15, -0.1) is 24.0 Å². The standard InChI is InChI=1S/C22H32N4O.HI/c1-16(21-17(2)25-27-18(21)3)15-24-22(23-4)26-12-10-20(11-13-26)14-19-8-6-5-7-9-19;/h5-9,16,20H,10-15H2,1-4H3,(H,23,24);1H. The molecule has 2 aromatic rings. The normalized spacial score (nSPS) is 16.6. The number of nitrogens with zero attached hydrogens (tertiary/aromatic N) is 3. The van der Waals surface area contributed by atoms with E-state index in [1.54, 1.807) is 0 Å². The predicted octanol–water partition coefficient (Wildman–Crippen LogP) is 4.54. The highest BCUT2D eigenvalue weighted by molar-refractivity contribution is 14.0. The first kappa shape index (κ1) is 22.7. The molecule has 2 heterocycles. The molecule has 0 radical (unpaired) electrons. The zero-order valence-electron chi connectivity index (χ0n) is 17.4. The lowest BCUT2D eigenvalue weighted by Gasteiger charge is -2.34. The van der Waals surface area contributed by atoms with Crippen molar-refractivity contribution in [3.8, 4) is 0 Å². The van der Waals surface area contributed by atoms with Crippen LogP contribution in [-0.4, -0.2) is 42.7 Å². The molecule has 0 amide bonds. The van der Waals surface area contributed by atoms with Crippen molar-refractivity contribution in [2.75, 3.05) is 26.7 Å². The van der Waals surface area contributed by atoms with Crippen molar-refractivity contribution in [3.63, 3.8) is 0 Å². The smallest absolute Gasteiger partial charge is 0.193 e. The number of aryl methyl sites for hydroxylation is 2. The van der Waals surface area contributed by atoms with Crippen molar-refractivity contribution in [2.45, 2.75) is 46.0 Å². The maximum Gasteiger partial charge on any atom is 0.193 e. The van der Waals surface area contributed by atoms with E-state index in [1.165, 1.54) is 30.4 Å². The molecule has 5 nitrogen and oxygen atoms in total. The molecule has 1 aromatic heterocycles. The maximum atomic E-state index is 5.31. The second-order valence-electron chi connectivity index (χ2n) is 7.69. The van der Waals surface area contributed by atoms with E-state index in [9.17, 15) is 0 Å². The van der Waals surface area contributed by atoms with Gasteiger partial charge in [0.25, 0.3) is 0 Å². The Hall–Kier alpha value is -1.57. The number of nitrogens with one attached hydrogen (secondary N) is 1. The van der Waals surface area contributed by atoms with Crippen LogP contribution in [0, 0.1) is 19.8 Å². The third kappa shape index (κ3) is 5.72. The summed E-state index contributed by atoms with van der Waals surface area (Å²) in [6.07, 6.45) is 3.62. The van der Waals surface area contributed by atoms with Crippen LogP contribution in [-0.2, 0) is 6.42 Å². The van der Waals surface area contributed by atoms with E-state index in [1.807, 2.05) is 20.9 Å². The average molecular weight is 496 g/mol. The molecule has 0 spiro atoms. The highest BCUT2D eigenvalue weighted by Gasteiger charge is 2.23. The lowest BCUT2D eigenvalue weighted by atomic mass is 9.90. The number of benzene rings is 1. The summed E-state index contributed by atoms with van der Waals surface area (Å²) >= 11 is 0. The van der Waals surface area contributed by atoms with Gasteiger partial charge >= 0.3 is 0 Å². The Bertz CT molecular complexity index is 732. The Morgan fingerprint density at radius 1 is 1.25 bits per heavy atom. The number of aliphatic imine (C=N–C) groups is 1. The number of piperidine rings is 1. The topological polar surface area (TPSA) is 53.7 Å². The van der Waals surface area contributed by atoms with Crippen molar-refractivity contribution in [2.24, 2.45) is 10.9 Å². The summed E-state index contributed by atoms with van der Waals surface area (Å²) in [7, 11) is 1.87. The fraction of sp³-hybridized carbons (Fsp3) is 0.545. The zero-order valence-corrected chi connectivity index (χ0v) is 19.8. The SMILES string of the molecule is CN=C(NCC(C)c1c(C)noc1C)N1CCC(Cc2ccccc2)CC1.I. The van der Waals surface area contributed by atoms with Gasteiger partial charge in [0, 0.05) is 38.2 Å². The lowest BCUT2D eigenvalue weighted by Crippen LogP contribution is -2.46. The quantitative estimate of drug-likeness (QED) is 0.375. The van der Waals surface area contributed by atoms with E-state index < -0.39 is 0 Å². The summed E-state index contributed by atoms with van der Waals surface area (Å²) in [5, 5.41) is 7.63. The largest absolute Gasteiger partial charge is 0.361 e. The van der Waals surface area contributed by atoms with Crippen LogP contribution < -0.4 is 5.32 Å². The second kappa shape index (κ2) is 10.8. The summed E-state index contributed by atoms with van der Waals surface area (Å²) in [6, 6.07) is 10.8. The van der Waals surface area contributed by atoms with Crippen molar-refractivity contribution in [1.29, 1.82) is 0 Å². The molecule has 1 aromatic carbocycles. The number of hydrogen-bond acceptors (Lipinski definition) is 3. The molecule has 0 aliphatic carbocycles. The molecule has 1 N–H and O–H groups in total. The van der Waals surface area contributed by atoms with Gasteiger partial charge in [0.05, 0.1) is 5.69 Å². The van der Waals surface area contributed by atoms with E-state index >= 15 is 0 Å². The molecule has 28 heavy (non-hydrogen) atoms. The molecular weight excluding hydrogens is 463 g/mol. The van der Waals surface area contributed by atoms with Gasteiger partial charge in [0.15, 0.2) is 5.96 Å². The molecule has 0 bridgehead atoms. The van der Waals surface area contributed by atoms with E-state index in [0.717, 1.165) is 43.0 Å². The molecule has 154 valence electrons. The van der Waals surface area contributed by atoms with Crippen LogP contribution in [0.4, 0.5) is 0 Å². The fourth-order valence-corrected chi connectivity index (χ4v) is 4.17. The fourth-order valence-electron chi connectivity index (χ4n) is 4.17. The Balaban J connectivity index is 0.00000280. The molecule has 1 unspecified atom stereocenters. The lowest BCUT2D eigenvalue weighted by molar-refractivity contribution is 0.259. The molecule has 1 saturated heterocycles. The van der Waals surface area contributed by atoms with E-state index in [-0.39, 0.29) is 24.0 Å². The van der Waals surface area contributed by atoms with Crippen LogP contribution in [0.2, 0.25) is 0 Å². The molecule has 3 rings (SSSR count). The van der Waals surface area contributed by atoms with Gasteiger partial charge in [-0.05, 0) is 44.6 Å². The molecule has 6 heteroatoms. The summed E-state index contributed by atoms with van der Waals surface area (Å²) < 4.78 is 5.31. The van der Waals surface area contributed by atoms with Crippen molar-refractivity contribution < 1.29 is 4.52 Å². The van der Waals surface area contributed by atoms with Crippen LogP contribution in [0.5, 0.6) is 0 Å². The van der Waals surface area contributed by atoms with Crippen LogP contribution in [0.1, 0.15) is 48.3 Å². The van der Waals surface area contributed by atoms with Gasteiger partial charge < -0.3 is 14.7 Å². The summed E-state index contributed by atoms with van der Waals surface area (Å²) in [6.45, 7) is 9.17. The van der Waals surface area contributed by atoms with Gasteiger partial charge in [0.1, 0.15) is 5.76 Å². The highest BCUT2D eigenvalue weighted by atomic mass is 127. The van der Waals surface area contributed by atoms with Gasteiger partial charge in [-0.25, -0.2) is 0 Å². The third-order valence-electron chi connectivity index (χ3n) is 5.64. The van der Waals surface area contributed by atoms with Crippen molar-refractivity contribution in [3.05, 3.63) is 52.9 Å². The maximum absolute atomic E-state index is 5.31. The Kier molecular flexibility index (Phi) is 8.79.